The largest absolute Gasteiger partial charge is 0.289 e. The number of rotatable bonds is 8. The third kappa shape index (κ3) is 8.28. The number of nitroso groups, excluding NO2 is 1. The van der Waals surface area contributed by atoms with Crippen molar-refractivity contribution in [3.05, 3.63) is 51.6 Å². The van der Waals surface area contributed by atoms with Crippen molar-refractivity contribution in [3.63, 3.8) is 0 Å². The molecule has 0 aromatic carbocycles. The van der Waals surface area contributed by atoms with Crippen LogP contribution in [0.4, 0.5) is 0 Å². The molecule has 0 saturated heterocycles. The predicted octanol–water partition coefficient (Wildman–Crippen LogP) is 7.27. The summed E-state index contributed by atoms with van der Waals surface area (Å²) >= 11 is 0. The summed E-state index contributed by atoms with van der Waals surface area (Å²) < 4.78 is 0. The minimum absolute atomic E-state index is 0.184. The Balaban J connectivity index is 0. The predicted molar refractivity (Wildman–Crippen MR) is 120 cm³/mol. The lowest BCUT2D eigenvalue weighted by Crippen LogP contribution is -2.26. The molecule has 0 spiro atoms. The van der Waals surface area contributed by atoms with E-state index in [0.29, 0.717) is 24.0 Å². The van der Waals surface area contributed by atoms with E-state index < -0.39 is 0 Å². The van der Waals surface area contributed by atoms with Crippen LogP contribution in [0.15, 0.2) is 51.9 Å². The topological polar surface area (TPSA) is 63.6 Å². The zero-order valence-electron chi connectivity index (χ0n) is 19.1. The van der Waals surface area contributed by atoms with E-state index in [0.717, 1.165) is 24.8 Å². The Labute approximate surface area is 171 Å². The van der Waals surface area contributed by atoms with Gasteiger partial charge < -0.3 is 0 Å². The maximum Gasteiger partial charge on any atom is 0.211 e. The molecule has 0 bridgehead atoms. The van der Waals surface area contributed by atoms with Gasteiger partial charge in [0.25, 0.3) is 0 Å². The minimum atomic E-state index is -0.358. The number of hydrogen-bond donors (Lipinski definition) is 0. The van der Waals surface area contributed by atoms with Crippen LogP contribution in [0, 0.1) is 10.8 Å². The molecule has 0 radical (unpaired) electrons. The summed E-state index contributed by atoms with van der Waals surface area (Å²) in [5.74, 6) is -0.796. The molecule has 0 fully saturated rings. The smallest absolute Gasteiger partial charge is 0.211 e. The molecule has 1 unspecified atom stereocenters. The summed E-state index contributed by atoms with van der Waals surface area (Å²) in [5.41, 5.74) is 2.08. The summed E-state index contributed by atoms with van der Waals surface area (Å²) in [6, 6.07) is 0. The average Bonchev–Trinajstić information content (AvgIpc) is 2.67. The molecule has 0 amide bonds. The van der Waals surface area contributed by atoms with Gasteiger partial charge in [-0.15, -0.1) is 11.5 Å². The molecule has 158 valence electrons. The van der Waals surface area contributed by atoms with Crippen LogP contribution >= 0.6 is 0 Å². The van der Waals surface area contributed by atoms with Crippen molar-refractivity contribution < 1.29 is 9.59 Å². The highest BCUT2D eigenvalue weighted by Gasteiger charge is 2.35. The van der Waals surface area contributed by atoms with Crippen LogP contribution in [0.25, 0.3) is 0 Å². The average molecular weight is 390 g/mol. The number of hydrogen-bond acceptors (Lipinski definition) is 4. The van der Waals surface area contributed by atoms with E-state index in [1.54, 1.807) is 13.0 Å². The third-order valence-corrected chi connectivity index (χ3v) is 4.25. The summed E-state index contributed by atoms with van der Waals surface area (Å²) in [4.78, 5) is 36.7. The lowest BCUT2D eigenvalue weighted by Gasteiger charge is -2.23. The molecule has 1 atom stereocenters. The normalized spacial score (nSPS) is 14.4. The van der Waals surface area contributed by atoms with Gasteiger partial charge in [0.1, 0.15) is 0 Å². The fourth-order valence-electron chi connectivity index (χ4n) is 2.98. The number of ketones is 2. The zero-order chi connectivity index (χ0) is 22.3. The van der Waals surface area contributed by atoms with E-state index in [2.05, 4.69) is 18.7 Å². The van der Waals surface area contributed by atoms with Crippen LogP contribution in [0.2, 0.25) is 0 Å². The van der Waals surface area contributed by atoms with Gasteiger partial charge >= 0.3 is 0 Å². The van der Waals surface area contributed by atoms with Gasteiger partial charge in [0.15, 0.2) is 11.5 Å². The highest BCUT2D eigenvalue weighted by atomic mass is 16.3. The van der Waals surface area contributed by atoms with Gasteiger partial charge in [-0.25, -0.2) is 0 Å². The number of unbranched alkanes of at least 4 members (excludes halogenated alkanes) is 2. The fourth-order valence-corrected chi connectivity index (χ4v) is 2.98. The summed E-state index contributed by atoms with van der Waals surface area (Å²) in [6.07, 6.45) is 7.74. The van der Waals surface area contributed by atoms with E-state index >= 15 is 0 Å². The molecule has 4 nitrogen and oxygen atoms in total. The maximum absolute atomic E-state index is 12.8. The monoisotopic (exact) mass is 389 g/mol. The first-order valence-corrected chi connectivity index (χ1v) is 10.4. The molecule has 4 heteroatoms. The van der Waals surface area contributed by atoms with E-state index in [1.807, 2.05) is 47.6 Å². The first kappa shape index (κ1) is 28.1. The molecule has 28 heavy (non-hydrogen) atoms. The first-order chi connectivity index (χ1) is 13.3. The zero-order valence-corrected chi connectivity index (χ0v) is 19.1. The lowest BCUT2D eigenvalue weighted by atomic mass is 9.79. The molecule has 0 aliphatic heterocycles. The molecule has 0 aromatic rings. The van der Waals surface area contributed by atoms with E-state index in [1.165, 1.54) is 0 Å². The first-order valence-electron chi connectivity index (χ1n) is 10.4. The van der Waals surface area contributed by atoms with Crippen molar-refractivity contribution in [2.24, 2.45) is 11.1 Å². The number of allylic oxidation sites excluding steroid dienone is 6. The van der Waals surface area contributed by atoms with E-state index in [-0.39, 0.29) is 28.8 Å². The Hall–Kier alpha value is -2.10. The molecular formula is C24H39NO3. The van der Waals surface area contributed by atoms with Crippen LogP contribution in [0.3, 0.4) is 0 Å². The van der Waals surface area contributed by atoms with Gasteiger partial charge in [0.05, 0.1) is 0 Å². The van der Waals surface area contributed by atoms with Gasteiger partial charge in [0.2, 0.25) is 5.78 Å². The Morgan fingerprint density at radius 2 is 1.64 bits per heavy atom. The van der Waals surface area contributed by atoms with Crippen LogP contribution in [-0.2, 0) is 9.59 Å². The van der Waals surface area contributed by atoms with Crippen molar-refractivity contribution in [1.29, 1.82) is 0 Å². The number of nitrogens with zero attached hydrogens (tertiary/aromatic N) is 1. The van der Waals surface area contributed by atoms with Gasteiger partial charge in [-0.1, -0.05) is 58.3 Å². The summed E-state index contributed by atoms with van der Waals surface area (Å²) in [6.45, 7) is 18.8. The van der Waals surface area contributed by atoms with E-state index in [4.69, 9.17) is 0 Å². The van der Waals surface area contributed by atoms with Gasteiger partial charge in [-0.2, -0.15) is 0 Å². The van der Waals surface area contributed by atoms with Crippen molar-refractivity contribution in [3.8, 4) is 0 Å². The molecule has 1 aliphatic rings. The second-order valence-electron chi connectivity index (χ2n) is 6.74. The van der Waals surface area contributed by atoms with Crippen molar-refractivity contribution >= 4 is 11.6 Å². The highest BCUT2D eigenvalue weighted by Crippen LogP contribution is 2.34. The molecule has 1 rings (SSSR count). The van der Waals surface area contributed by atoms with Crippen molar-refractivity contribution in [2.45, 2.75) is 87.5 Å². The molecule has 0 N–H and O–H groups in total. The molecule has 0 saturated carbocycles. The lowest BCUT2D eigenvalue weighted by molar-refractivity contribution is -0.117. The molecule has 0 heterocycles. The Morgan fingerprint density at radius 1 is 1.11 bits per heavy atom. The SMILES string of the molecule is C=CC.CC.CCCCCC1=C(C)C(=O)C(C(C=C(C)C)CC)=C(N=O)C1=O. The van der Waals surface area contributed by atoms with Gasteiger partial charge in [-0.05, 0) is 52.1 Å². The van der Waals surface area contributed by atoms with Crippen LogP contribution in [-0.4, -0.2) is 11.6 Å². The summed E-state index contributed by atoms with van der Waals surface area (Å²) in [7, 11) is 0. The Bertz CT molecular complexity index is 632. The number of carbonyl (C=O) groups excluding carboxylic acids is 2. The summed E-state index contributed by atoms with van der Waals surface area (Å²) in [5, 5.41) is 2.95. The quantitative estimate of drug-likeness (QED) is 0.190. The van der Waals surface area contributed by atoms with Gasteiger partial charge in [0, 0.05) is 22.6 Å². The Morgan fingerprint density at radius 3 is 2.04 bits per heavy atom. The minimum Gasteiger partial charge on any atom is -0.289 e. The van der Waals surface area contributed by atoms with Crippen molar-refractivity contribution in [1.82, 2.24) is 0 Å². The third-order valence-electron chi connectivity index (χ3n) is 4.25. The van der Waals surface area contributed by atoms with Gasteiger partial charge in [-0.3, -0.25) is 9.59 Å². The Kier molecular flexibility index (Phi) is 16.0. The molecule has 0 aromatic heterocycles. The second kappa shape index (κ2) is 15.9. The standard InChI is InChI=1S/C19H27NO3.C3H6.C2H6/c1-6-8-9-10-15-13(5)18(21)16(17(20-23)19(15)22)14(7-2)11-12(3)4;1-3-2;1-2/h11,14H,6-10H2,1-5H3;3H,1H2,2H3;1-2H3. The van der Waals surface area contributed by atoms with E-state index in [9.17, 15) is 14.5 Å². The van der Waals surface area contributed by atoms with Crippen LogP contribution < -0.4 is 0 Å². The number of carbonyl (C=O) groups is 2. The number of Topliss-reactive ketones (excluding diaryl/α,β-unsaturated/α-hetero) is 2. The second-order valence-corrected chi connectivity index (χ2v) is 6.74. The molecule has 1 aliphatic carbocycles. The molecular weight excluding hydrogens is 350 g/mol. The van der Waals surface area contributed by atoms with Crippen LogP contribution in [0.1, 0.15) is 87.5 Å². The highest BCUT2D eigenvalue weighted by molar-refractivity contribution is 6.25. The fraction of sp³-hybridized carbons (Fsp3) is 0.583. The van der Waals surface area contributed by atoms with Crippen molar-refractivity contribution in [2.75, 3.05) is 0 Å². The maximum atomic E-state index is 12.8. The van der Waals surface area contributed by atoms with Crippen LogP contribution in [0.5, 0.6) is 0 Å².